The highest BCUT2D eigenvalue weighted by molar-refractivity contribution is 6.30. The standard InChI is InChI=1S/C19H16ClN7O4/c20-14-8-4-7-13(10-14)19(29)26-25-18-16(27(30)31)17(21-11-22-18)24-23-15(28)9-12-5-2-1-3-6-12/h1-8,10-11H,9H2,(H,23,28)(H,26,29)(H2,21,22,24,25). The number of halogens is 1. The summed E-state index contributed by atoms with van der Waals surface area (Å²) >= 11 is 5.85. The van der Waals surface area contributed by atoms with Gasteiger partial charge in [-0.15, -0.1) is 0 Å². The molecule has 0 atom stereocenters. The van der Waals surface area contributed by atoms with Crippen LogP contribution in [0.4, 0.5) is 17.3 Å². The fourth-order valence-electron chi connectivity index (χ4n) is 2.51. The molecule has 12 heteroatoms. The molecule has 0 radical (unpaired) electrons. The van der Waals surface area contributed by atoms with E-state index in [9.17, 15) is 19.7 Å². The van der Waals surface area contributed by atoms with E-state index >= 15 is 0 Å². The normalized spacial score (nSPS) is 10.1. The molecular formula is C19H16ClN7O4. The second kappa shape index (κ2) is 9.98. The summed E-state index contributed by atoms with van der Waals surface area (Å²) in [6.45, 7) is 0. The molecule has 1 aromatic heterocycles. The molecule has 0 bridgehead atoms. The van der Waals surface area contributed by atoms with Crippen molar-refractivity contribution in [3.63, 3.8) is 0 Å². The molecule has 0 unspecified atom stereocenters. The van der Waals surface area contributed by atoms with Gasteiger partial charge >= 0.3 is 5.69 Å². The Morgan fingerprint density at radius 3 is 2.29 bits per heavy atom. The molecule has 4 N–H and O–H groups in total. The Labute approximate surface area is 180 Å². The number of nitro groups is 1. The van der Waals surface area contributed by atoms with Crippen LogP contribution in [0.25, 0.3) is 0 Å². The number of nitrogens with one attached hydrogen (secondary N) is 4. The van der Waals surface area contributed by atoms with Crippen LogP contribution >= 0.6 is 11.6 Å². The summed E-state index contributed by atoms with van der Waals surface area (Å²) in [5.41, 5.74) is 9.90. The second-order valence-electron chi connectivity index (χ2n) is 6.10. The van der Waals surface area contributed by atoms with Gasteiger partial charge < -0.3 is 0 Å². The van der Waals surface area contributed by atoms with Crippen LogP contribution < -0.4 is 21.7 Å². The van der Waals surface area contributed by atoms with Crippen molar-refractivity contribution >= 4 is 40.7 Å². The molecule has 0 aliphatic rings. The fraction of sp³-hybridized carbons (Fsp3) is 0.0526. The number of nitrogens with zero attached hydrogens (tertiary/aromatic N) is 3. The van der Waals surface area contributed by atoms with Gasteiger partial charge in [0.15, 0.2) is 0 Å². The maximum absolute atomic E-state index is 12.2. The molecule has 2 aromatic carbocycles. The zero-order chi connectivity index (χ0) is 22.2. The van der Waals surface area contributed by atoms with Crippen molar-refractivity contribution in [2.75, 3.05) is 10.9 Å². The molecule has 3 aromatic rings. The third kappa shape index (κ3) is 5.87. The van der Waals surface area contributed by atoms with E-state index in [0.717, 1.165) is 11.9 Å². The summed E-state index contributed by atoms with van der Waals surface area (Å²) in [4.78, 5) is 42.6. The lowest BCUT2D eigenvalue weighted by atomic mass is 10.1. The highest BCUT2D eigenvalue weighted by atomic mass is 35.5. The second-order valence-corrected chi connectivity index (χ2v) is 6.54. The number of carbonyl (C=O) groups excluding carboxylic acids is 2. The largest absolute Gasteiger partial charge is 0.356 e. The predicted octanol–water partition coefficient (Wildman–Crippen LogP) is 2.48. The third-order valence-corrected chi connectivity index (χ3v) is 4.15. The van der Waals surface area contributed by atoms with Gasteiger partial charge in [0.2, 0.25) is 17.5 Å². The Morgan fingerprint density at radius 1 is 0.968 bits per heavy atom. The van der Waals surface area contributed by atoms with Gasteiger partial charge in [0.25, 0.3) is 5.91 Å². The number of amides is 2. The van der Waals surface area contributed by atoms with Crippen LogP contribution in [0.2, 0.25) is 5.02 Å². The number of aromatic nitrogens is 2. The van der Waals surface area contributed by atoms with E-state index in [1.807, 2.05) is 6.07 Å². The van der Waals surface area contributed by atoms with Crippen molar-refractivity contribution in [2.45, 2.75) is 6.42 Å². The van der Waals surface area contributed by atoms with Crippen molar-refractivity contribution in [3.05, 3.63) is 87.2 Å². The minimum absolute atomic E-state index is 0.0630. The minimum atomic E-state index is -0.750. The summed E-state index contributed by atoms with van der Waals surface area (Å²) < 4.78 is 0. The number of carbonyl (C=O) groups is 2. The van der Waals surface area contributed by atoms with Gasteiger partial charge in [-0.05, 0) is 23.8 Å². The van der Waals surface area contributed by atoms with Crippen LogP contribution in [0.3, 0.4) is 0 Å². The zero-order valence-electron chi connectivity index (χ0n) is 15.8. The summed E-state index contributed by atoms with van der Waals surface area (Å²) in [7, 11) is 0. The Bertz CT molecular complexity index is 1110. The smallest absolute Gasteiger partial charge is 0.276 e. The van der Waals surface area contributed by atoms with Crippen molar-refractivity contribution in [1.82, 2.24) is 20.8 Å². The highest BCUT2D eigenvalue weighted by Gasteiger charge is 2.24. The maximum Gasteiger partial charge on any atom is 0.356 e. The van der Waals surface area contributed by atoms with E-state index in [0.29, 0.717) is 5.02 Å². The van der Waals surface area contributed by atoms with Gasteiger partial charge in [0.1, 0.15) is 6.33 Å². The molecular weight excluding hydrogens is 426 g/mol. The number of hydrogen-bond acceptors (Lipinski definition) is 8. The lowest BCUT2D eigenvalue weighted by Gasteiger charge is -2.11. The minimum Gasteiger partial charge on any atom is -0.276 e. The molecule has 11 nitrogen and oxygen atoms in total. The molecule has 158 valence electrons. The number of hydrogen-bond donors (Lipinski definition) is 4. The molecule has 3 rings (SSSR count). The molecule has 0 saturated heterocycles. The van der Waals surface area contributed by atoms with Gasteiger partial charge in [-0.1, -0.05) is 48.0 Å². The van der Waals surface area contributed by atoms with Gasteiger partial charge in [-0.25, -0.2) is 9.97 Å². The lowest BCUT2D eigenvalue weighted by molar-refractivity contribution is -0.383. The molecule has 1 heterocycles. The maximum atomic E-state index is 12.2. The average Bonchev–Trinajstić information content (AvgIpc) is 2.76. The van der Waals surface area contributed by atoms with Gasteiger partial charge in [0, 0.05) is 10.6 Å². The van der Waals surface area contributed by atoms with E-state index in [4.69, 9.17) is 11.6 Å². The average molecular weight is 442 g/mol. The number of rotatable bonds is 8. The van der Waals surface area contributed by atoms with E-state index in [1.165, 1.54) is 12.1 Å². The van der Waals surface area contributed by atoms with Crippen LogP contribution in [0.5, 0.6) is 0 Å². The Hall–Kier alpha value is -4.25. The molecule has 2 amide bonds. The van der Waals surface area contributed by atoms with Crippen molar-refractivity contribution in [3.8, 4) is 0 Å². The first-order valence-electron chi connectivity index (χ1n) is 8.84. The molecule has 31 heavy (non-hydrogen) atoms. The summed E-state index contributed by atoms with van der Waals surface area (Å²) in [5, 5.41) is 11.9. The molecule has 0 spiro atoms. The van der Waals surface area contributed by atoms with Crippen molar-refractivity contribution < 1.29 is 14.5 Å². The number of anilines is 2. The Balaban J connectivity index is 1.68. The first-order valence-corrected chi connectivity index (χ1v) is 9.22. The van der Waals surface area contributed by atoms with E-state index in [-0.39, 0.29) is 23.6 Å². The Morgan fingerprint density at radius 2 is 1.65 bits per heavy atom. The van der Waals surface area contributed by atoms with Crippen LogP contribution in [-0.2, 0) is 11.2 Å². The van der Waals surface area contributed by atoms with E-state index in [2.05, 4.69) is 31.7 Å². The lowest BCUT2D eigenvalue weighted by Crippen LogP contribution is -2.32. The van der Waals surface area contributed by atoms with Crippen LogP contribution in [0, 0.1) is 10.1 Å². The molecule has 0 fully saturated rings. The van der Waals surface area contributed by atoms with Crippen LogP contribution in [-0.4, -0.2) is 26.7 Å². The van der Waals surface area contributed by atoms with Crippen molar-refractivity contribution in [1.29, 1.82) is 0 Å². The van der Waals surface area contributed by atoms with Gasteiger partial charge in [-0.2, -0.15) is 0 Å². The monoisotopic (exact) mass is 441 g/mol. The SMILES string of the molecule is O=C(Cc1ccccc1)NNc1ncnc(NNC(=O)c2cccc(Cl)c2)c1[N+](=O)[O-]. The molecule has 0 saturated carbocycles. The zero-order valence-corrected chi connectivity index (χ0v) is 16.6. The summed E-state index contributed by atoms with van der Waals surface area (Å²) in [6, 6.07) is 15.1. The summed E-state index contributed by atoms with van der Waals surface area (Å²) in [6.07, 6.45) is 1.10. The molecule has 0 aliphatic carbocycles. The summed E-state index contributed by atoms with van der Waals surface area (Å²) in [5.74, 6) is -1.56. The highest BCUT2D eigenvalue weighted by Crippen LogP contribution is 2.27. The topological polar surface area (TPSA) is 151 Å². The fourth-order valence-corrected chi connectivity index (χ4v) is 2.70. The van der Waals surface area contributed by atoms with Crippen LogP contribution in [0.1, 0.15) is 15.9 Å². The van der Waals surface area contributed by atoms with Gasteiger partial charge in [-0.3, -0.25) is 41.4 Å². The van der Waals surface area contributed by atoms with E-state index < -0.39 is 22.4 Å². The Kier molecular flexibility index (Phi) is 6.91. The number of benzene rings is 2. The first-order chi connectivity index (χ1) is 14.9. The van der Waals surface area contributed by atoms with E-state index in [1.54, 1.807) is 36.4 Å². The van der Waals surface area contributed by atoms with Gasteiger partial charge in [0.05, 0.1) is 11.3 Å². The third-order valence-electron chi connectivity index (χ3n) is 3.91. The molecule has 0 aliphatic heterocycles. The van der Waals surface area contributed by atoms with Crippen LogP contribution in [0.15, 0.2) is 60.9 Å². The predicted molar refractivity (Wildman–Crippen MR) is 113 cm³/mol. The van der Waals surface area contributed by atoms with Crippen molar-refractivity contribution in [2.24, 2.45) is 0 Å². The quantitative estimate of drug-likeness (QED) is 0.307. The first kappa shape index (κ1) is 21.5. The number of hydrazine groups is 2.